The van der Waals surface area contributed by atoms with Crippen molar-refractivity contribution >= 4 is 10.0 Å². The fourth-order valence-electron chi connectivity index (χ4n) is 1.77. The largest absolute Gasteiger partial charge is 0.496 e. The van der Waals surface area contributed by atoms with E-state index in [-0.39, 0.29) is 16.9 Å². The van der Waals surface area contributed by atoms with Gasteiger partial charge in [-0.05, 0) is 37.6 Å². The maximum atomic E-state index is 12.4. The average Bonchev–Trinajstić information content (AvgIpc) is 2.44. The molecule has 5 nitrogen and oxygen atoms in total. The highest BCUT2D eigenvalue weighted by atomic mass is 32.2. The molecule has 21 heavy (non-hydrogen) atoms. The van der Waals surface area contributed by atoms with Crippen molar-refractivity contribution in [2.45, 2.75) is 45.2 Å². The smallest absolute Gasteiger partial charge is 0.240 e. The van der Waals surface area contributed by atoms with Gasteiger partial charge in [0, 0.05) is 18.2 Å². The lowest BCUT2D eigenvalue weighted by molar-refractivity contribution is 0.407. The van der Waals surface area contributed by atoms with Gasteiger partial charge in [-0.1, -0.05) is 20.8 Å². The first kappa shape index (κ1) is 17.9. The Kier molecular flexibility index (Phi) is 6.64. The van der Waals surface area contributed by atoms with Crippen LogP contribution >= 0.6 is 0 Å². The topological polar surface area (TPSA) is 67.4 Å². The zero-order chi connectivity index (χ0) is 16.0. The van der Waals surface area contributed by atoms with Gasteiger partial charge >= 0.3 is 0 Å². The molecule has 1 atom stereocenters. The van der Waals surface area contributed by atoms with Gasteiger partial charge < -0.3 is 10.1 Å². The number of methoxy groups -OCH3 is 1. The number of hydrogen-bond acceptors (Lipinski definition) is 4. The first-order valence-electron chi connectivity index (χ1n) is 7.21. The second kappa shape index (κ2) is 7.77. The number of benzene rings is 1. The van der Waals surface area contributed by atoms with Crippen LogP contribution in [0.1, 0.15) is 33.3 Å². The Morgan fingerprint density at radius 2 is 1.90 bits per heavy atom. The van der Waals surface area contributed by atoms with E-state index in [0.29, 0.717) is 12.3 Å². The first-order chi connectivity index (χ1) is 9.81. The van der Waals surface area contributed by atoms with E-state index in [0.717, 1.165) is 12.1 Å². The highest BCUT2D eigenvalue weighted by Gasteiger charge is 2.20. The van der Waals surface area contributed by atoms with Gasteiger partial charge in [0.1, 0.15) is 5.75 Å². The van der Waals surface area contributed by atoms with Crippen LogP contribution in [0.4, 0.5) is 0 Å². The SMILES string of the molecule is CCNCc1cc(S(=O)(=O)NC(C)C(C)C)ccc1OC. The average molecular weight is 314 g/mol. The van der Waals surface area contributed by atoms with Gasteiger partial charge in [-0.25, -0.2) is 13.1 Å². The third-order valence-electron chi connectivity index (χ3n) is 3.47. The van der Waals surface area contributed by atoms with Gasteiger partial charge in [-0.15, -0.1) is 0 Å². The van der Waals surface area contributed by atoms with Gasteiger partial charge in [-0.3, -0.25) is 0 Å². The summed E-state index contributed by atoms with van der Waals surface area (Å²) in [5.74, 6) is 0.922. The van der Waals surface area contributed by atoms with Crippen molar-refractivity contribution in [1.29, 1.82) is 0 Å². The minimum Gasteiger partial charge on any atom is -0.496 e. The van der Waals surface area contributed by atoms with E-state index in [2.05, 4.69) is 10.0 Å². The van der Waals surface area contributed by atoms with Gasteiger partial charge in [0.25, 0.3) is 0 Å². The quantitative estimate of drug-likeness (QED) is 0.771. The lowest BCUT2D eigenvalue weighted by Crippen LogP contribution is -2.36. The number of hydrogen-bond donors (Lipinski definition) is 2. The molecular formula is C15H26N2O3S. The zero-order valence-electron chi connectivity index (χ0n) is 13.4. The molecule has 0 saturated carbocycles. The predicted octanol–water partition coefficient (Wildman–Crippen LogP) is 2.13. The van der Waals surface area contributed by atoms with Crippen molar-refractivity contribution in [1.82, 2.24) is 10.0 Å². The van der Waals surface area contributed by atoms with Crippen molar-refractivity contribution < 1.29 is 13.2 Å². The van der Waals surface area contributed by atoms with Crippen molar-refractivity contribution in [3.63, 3.8) is 0 Å². The molecular weight excluding hydrogens is 288 g/mol. The monoisotopic (exact) mass is 314 g/mol. The number of rotatable bonds is 8. The molecule has 0 spiro atoms. The summed E-state index contributed by atoms with van der Waals surface area (Å²) in [4.78, 5) is 0.267. The van der Waals surface area contributed by atoms with Crippen molar-refractivity contribution in [3.05, 3.63) is 23.8 Å². The molecule has 0 aliphatic rings. The summed E-state index contributed by atoms with van der Waals surface area (Å²) in [6.07, 6.45) is 0. The van der Waals surface area contributed by atoms with Crippen molar-refractivity contribution in [2.75, 3.05) is 13.7 Å². The Morgan fingerprint density at radius 3 is 2.43 bits per heavy atom. The van der Waals surface area contributed by atoms with E-state index in [9.17, 15) is 8.42 Å². The molecule has 0 aliphatic carbocycles. The van der Waals surface area contributed by atoms with Gasteiger partial charge in [-0.2, -0.15) is 0 Å². The molecule has 0 aromatic heterocycles. The Labute approximate surface area is 128 Å². The Morgan fingerprint density at radius 1 is 1.24 bits per heavy atom. The van der Waals surface area contributed by atoms with Crippen LogP contribution < -0.4 is 14.8 Å². The molecule has 2 N–H and O–H groups in total. The highest BCUT2D eigenvalue weighted by molar-refractivity contribution is 7.89. The summed E-state index contributed by atoms with van der Waals surface area (Å²) in [7, 11) is -1.93. The van der Waals surface area contributed by atoms with E-state index in [1.165, 1.54) is 0 Å². The summed E-state index contributed by atoms with van der Waals surface area (Å²) < 4.78 is 32.8. The second-order valence-corrected chi connectivity index (χ2v) is 7.12. The zero-order valence-corrected chi connectivity index (χ0v) is 14.3. The number of nitrogens with one attached hydrogen (secondary N) is 2. The standard InChI is InChI=1S/C15H26N2O3S/c1-6-16-10-13-9-14(7-8-15(13)20-5)21(18,19)17-12(4)11(2)3/h7-9,11-12,16-17H,6,10H2,1-5H3. The maximum Gasteiger partial charge on any atom is 0.240 e. The van der Waals surface area contributed by atoms with Gasteiger partial charge in [0.05, 0.1) is 12.0 Å². The lowest BCUT2D eigenvalue weighted by atomic mass is 10.1. The molecule has 1 rings (SSSR count). The van der Waals surface area contributed by atoms with Crippen molar-refractivity contribution in [3.8, 4) is 5.75 Å². The molecule has 1 unspecified atom stereocenters. The molecule has 0 aliphatic heterocycles. The predicted molar refractivity (Wildman–Crippen MR) is 85.0 cm³/mol. The van der Waals surface area contributed by atoms with Crippen LogP contribution in [0.2, 0.25) is 0 Å². The highest BCUT2D eigenvalue weighted by Crippen LogP contribution is 2.22. The molecule has 120 valence electrons. The lowest BCUT2D eigenvalue weighted by Gasteiger charge is -2.18. The number of ether oxygens (including phenoxy) is 1. The Hall–Kier alpha value is -1.11. The molecule has 0 saturated heterocycles. The molecule has 0 heterocycles. The third-order valence-corrected chi connectivity index (χ3v) is 5.03. The fourth-order valence-corrected chi connectivity index (χ4v) is 3.21. The van der Waals surface area contributed by atoms with Crippen LogP contribution in [-0.2, 0) is 16.6 Å². The van der Waals surface area contributed by atoms with Gasteiger partial charge in [0.15, 0.2) is 0 Å². The van der Waals surface area contributed by atoms with E-state index in [1.807, 2.05) is 27.7 Å². The normalized spacial score (nSPS) is 13.4. The van der Waals surface area contributed by atoms with Crippen LogP contribution in [-0.4, -0.2) is 28.1 Å². The van der Waals surface area contributed by atoms with E-state index in [4.69, 9.17) is 4.74 Å². The summed E-state index contributed by atoms with van der Waals surface area (Å²) >= 11 is 0. The molecule has 0 radical (unpaired) electrons. The van der Waals surface area contributed by atoms with Crippen LogP contribution in [0.5, 0.6) is 5.75 Å². The van der Waals surface area contributed by atoms with Gasteiger partial charge in [0.2, 0.25) is 10.0 Å². The second-order valence-electron chi connectivity index (χ2n) is 5.41. The summed E-state index contributed by atoms with van der Waals surface area (Å²) in [5, 5.41) is 3.18. The van der Waals surface area contributed by atoms with Crippen molar-refractivity contribution in [2.24, 2.45) is 5.92 Å². The molecule has 0 bridgehead atoms. The van der Waals surface area contributed by atoms with Crippen LogP contribution in [0.25, 0.3) is 0 Å². The minimum absolute atomic E-state index is 0.116. The molecule has 0 fully saturated rings. The maximum absolute atomic E-state index is 12.4. The Bertz CT molecular complexity index is 556. The third kappa shape index (κ3) is 4.98. The molecule has 6 heteroatoms. The summed E-state index contributed by atoms with van der Waals surface area (Å²) in [5.41, 5.74) is 0.833. The van der Waals surface area contributed by atoms with Crippen LogP contribution in [0.3, 0.4) is 0 Å². The molecule has 1 aromatic rings. The van der Waals surface area contributed by atoms with Crippen LogP contribution in [0, 0.1) is 5.92 Å². The summed E-state index contributed by atoms with van der Waals surface area (Å²) in [6, 6.07) is 4.82. The molecule has 0 amide bonds. The minimum atomic E-state index is -3.51. The molecule has 1 aromatic carbocycles. The van der Waals surface area contributed by atoms with Crippen LogP contribution in [0.15, 0.2) is 23.1 Å². The number of sulfonamides is 1. The Balaban J connectivity index is 3.06. The fraction of sp³-hybridized carbons (Fsp3) is 0.600. The first-order valence-corrected chi connectivity index (χ1v) is 8.70. The van der Waals surface area contributed by atoms with E-state index >= 15 is 0 Å². The van der Waals surface area contributed by atoms with E-state index < -0.39 is 10.0 Å². The summed E-state index contributed by atoms with van der Waals surface area (Å²) in [6.45, 7) is 9.21. The van der Waals surface area contributed by atoms with E-state index in [1.54, 1.807) is 25.3 Å².